The molecule has 0 unspecified atom stereocenters. The number of nitriles is 1. The quantitative estimate of drug-likeness (QED) is 0.824. The highest BCUT2D eigenvalue weighted by Crippen LogP contribution is 2.35. The summed E-state index contributed by atoms with van der Waals surface area (Å²) in [6, 6.07) is 5.82. The minimum absolute atomic E-state index is 0.480. The van der Waals surface area contributed by atoms with Crippen LogP contribution in [0.1, 0.15) is 24.6 Å². The molecule has 0 saturated carbocycles. The molecule has 0 aliphatic rings. The number of rotatable bonds is 3. The Bertz CT molecular complexity index is 561. The molecule has 2 rings (SSSR count). The normalized spacial score (nSPS) is 10.5. The van der Waals surface area contributed by atoms with Crippen molar-refractivity contribution in [2.75, 3.05) is 0 Å². The molecule has 2 heterocycles. The lowest BCUT2D eigenvalue weighted by Gasteiger charge is -2.08. The smallest absolute Gasteiger partial charge is 0.151 e. The first-order chi connectivity index (χ1) is 8.20. The van der Waals surface area contributed by atoms with Crippen molar-refractivity contribution in [2.45, 2.75) is 26.8 Å². The van der Waals surface area contributed by atoms with Gasteiger partial charge in [0.05, 0.1) is 16.8 Å². The molecule has 2 aromatic heterocycles. The summed E-state index contributed by atoms with van der Waals surface area (Å²) >= 11 is 6.26. The van der Waals surface area contributed by atoms with Crippen LogP contribution in [0, 0.1) is 18.3 Å². The van der Waals surface area contributed by atoms with Gasteiger partial charge in [0.15, 0.2) is 5.76 Å². The Labute approximate surface area is 105 Å². The summed E-state index contributed by atoms with van der Waals surface area (Å²) < 4.78 is 7.43. The molecule has 2 aromatic rings. The van der Waals surface area contributed by atoms with Gasteiger partial charge in [0.2, 0.25) is 0 Å². The van der Waals surface area contributed by atoms with Crippen molar-refractivity contribution in [3.63, 3.8) is 0 Å². The van der Waals surface area contributed by atoms with Crippen molar-refractivity contribution in [1.29, 1.82) is 5.26 Å². The van der Waals surface area contributed by atoms with Crippen molar-refractivity contribution >= 4 is 11.6 Å². The van der Waals surface area contributed by atoms with E-state index >= 15 is 0 Å². The Morgan fingerprint density at radius 2 is 2.29 bits per heavy atom. The highest BCUT2D eigenvalue weighted by Gasteiger charge is 2.21. The minimum atomic E-state index is 0.480. The maximum Gasteiger partial charge on any atom is 0.151 e. The molecule has 0 aliphatic heterocycles. The highest BCUT2D eigenvalue weighted by atomic mass is 35.5. The van der Waals surface area contributed by atoms with Gasteiger partial charge in [0, 0.05) is 12.2 Å². The first kappa shape index (κ1) is 11.8. The van der Waals surface area contributed by atoms with Crippen LogP contribution in [0.3, 0.4) is 0 Å². The van der Waals surface area contributed by atoms with Gasteiger partial charge in [-0.05, 0) is 25.5 Å². The molecule has 4 heteroatoms. The lowest BCUT2D eigenvalue weighted by Crippen LogP contribution is -2.01. The number of nitrogens with zero attached hydrogens (tertiary/aromatic N) is 2. The summed E-state index contributed by atoms with van der Waals surface area (Å²) in [5.74, 6) is 0.702. The largest absolute Gasteiger partial charge is 0.463 e. The van der Waals surface area contributed by atoms with Crippen molar-refractivity contribution in [2.24, 2.45) is 0 Å². The summed E-state index contributed by atoms with van der Waals surface area (Å²) in [7, 11) is 0. The Morgan fingerprint density at radius 1 is 1.53 bits per heavy atom. The molecule has 0 bridgehead atoms. The minimum Gasteiger partial charge on any atom is -0.463 e. The van der Waals surface area contributed by atoms with E-state index in [2.05, 4.69) is 13.0 Å². The molecule has 0 fully saturated rings. The van der Waals surface area contributed by atoms with E-state index in [4.69, 9.17) is 21.3 Å². The molecule has 0 radical (unpaired) electrons. The standard InChI is InChI=1S/C13H13ClN2O/c1-3-6-16-9(2)10(8-15)12(14)13(16)11-5-4-7-17-11/h4-5,7H,3,6H2,1-2H3. The zero-order chi connectivity index (χ0) is 12.4. The van der Waals surface area contributed by atoms with E-state index in [-0.39, 0.29) is 0 Å². The molecule has 0 N–H and O–H groups in total. The number of hydrogen-bond acceptors (Lipinski definition) is 2. The summed E-state index contributed by atoms with van der Waals surface area (Å²) in [6.07, 6.45) is 2.58. The Kier molecular flexibility index (Phi) is 3.26. The molecule has 0 saturated heterocycles. The van der Waals surface area contributed by atoms with E-state index in [1.165, 1.54) is 0 Å². The third-order valence-corrected chi connectivity index (χ3v) is 3.15. The van der Waals surface area contributed by atoms with E-state index in [9.17, 15) is 0 Å². The average molecular weight is 249 g/mol. The Balaban J connectivity index is 2.69. The Morgan fingerprint density at radius 3 is 2.82 bits per heavy atom. The predicted molar refractivity (Wildman–Crippen MR) is 66.9 cm³/mol. The van der Waals surface area contributed by atoms with E-state index < -0.39 is 0 Å². The van der Waals surface area contributed by atoms with Crippen molar-refractivity contribution in [1.82, 2.24) is 4.57 Å². The molecular formula is C13H13ClN2O. The number of halogens is 1. The van der Waals surface area contributed by atoms with E-state index in [1.54, 1.807) is 6.26 Å². The van der Waals surface area contributed by atoms with E-state index in [1.807, 2.05) is 23.6 Å². The van der Waals surface area contributed by atoms with Crippen LogP contribution in [0.2, 0.25) is 5.02 Å². The van der Waals surface area contributed by atoms with Gasteiger partial charge >= 0.3 is 0 Å². The maximum absolute atomic E-state index is 9.12. The SMILES string of the molecule is CCCn1c(C)c(C#N)c(Cl)c1-c1ccco1. The lowest BCUT2D eigenvalue weighted by atomic mass is 10.2. The molecule has 0 atom stereocenters. The first-order valence-electron chi connectivity index (χ1n) is 5.53. The summed E-state index contributed by atoms with van der Waals surface area (Å²) in [5.41, 5.74) is 2.23. The zero-order valence-electron chi connectivity index (χ0n) is 9.83. The second-order valence-electron chi connectivity index (χ2n) is 3.86. The summed E-state index contributed by atoms with van der Waals surface area (Å²) in [6.45, 7) is 4.82. The Hall–Kier alpha value is -1.66. The number of aromatic nitrogens is 1. The van der Waals surface area contributed by atoms with Crippen LogP contribution in [0.4, 0.5) is 0 Å². The van der Waals surface area contributed by atoms with Crippen LogP contribution in [0.15, 0.2) is 22.8 Å². The van der Waals surface area contributed by atoms with Crippen molar-refractivity contribution in [3.05, 3.63) is 34.7 Å². The van der Waals surface area contributed by atoms with E-state index in [0.717, 1.165) is 24.4 Å². The van der Waals surface area contributed by atoms with Gasteiger partial charge in [0.1, 0.15) is 11.8 Å². The summed E-state index contributed by atoms with van der Waals surface area (Å²) in [5, 5.41) is 9.60. The second-order valence-corrected chi connectivity index (χ2v) is 4.24. The monoisotopic (exact) mass is 248 g/mol. The topological polar surface area (TPSA) is 41.9 Å². The average Bonchev–Trinajstić information content (AvgIpc) is 2.88. The van der Waals surface area contributed by atoms with Gasteiger partial charge in [-0.3, -0.25) is 0 Å². The molecule has 17 heavy (non-hydrogen) atoms. The van der Waals surface area contributed by atoms with E-state index in [0.29, 0.717) is 16.3 Å². The molecule has 0 aliphatic carbocycles. The van der Waals surface area contributed by atoms with Crippen LogP contribution >= 0.6 is 11.6 Å². The zero-order valence-corrected chi connectivity index (χ0v) is 10.6. The van der Waals surface area contributed by atoms with Crippen LogP contribution in [-0.4, -0.2) is 4.57 Å². The lowest BCUT2D eigenvalue weighted by molar-refractivity contribution is 0.568. The molecule has 88 valence electrons. The molecule has 3 nitrogen and oxygen atoms in total. The summed E-state index contributed by atoms with van der Waals surface area (Å²) in [4.78, 5) is 0. The van der Waals surface area contributed by atoms with Gasteiger partial charge in [-0.15, -0.1) is 0 Å². The van der Waals surface area contributed by atoms with Gasteiger partial charge in [-0.25, -0.2) is 0 Å². The van der Waals surface area contributed by atoms with Gasteiger partial charge in [0.25, 0.3) is 0 Å². The number of furan rings is 1. The molecular weight excluding hydrogens is 236 g/mol. The van der Waals surface area contributed by atoms with Crippen molar-refractivity contribution < 1.29 is 4.42 Å². The fraction of sp³-hybridized carbons (Fsp3) is 0.308. The fourth-order valence-electron chi connectivity index (χ4n) is 1.99. The van der Waals surface area contributed by atoms with Gasteiger partial charge < -0.3 is 8.98 Å². The maximum atomic E-state index is 9.12. The van der Waals surface area contributed by atoms with Gasteiger partial charge in [-0.1, -0.05) is 18.5 Å². The fourth-order valence-corrected chi connectivity index (χ4v) is 2.36. The second kappa shape index (κ2) is 4.68. The highest BCUT2D eigenvalue weighted by molar-refractivity contribution is 6.34. The van der Waals surface area contributed by atoms with Crippen molar-refractivity contribution in [3.8, 4) is 17.5 Å². The molecule has 0 aromatic carbocycles. The number of hydrogen-bond donors (Lipinski definition) is 0. The molecule has 0 amide bonds. The first-order valence-corrected chi connectivity index (χ1v) is 5.91. The van der Waals surface area contributed by atoms with Crippen LogP contribution in [0.5, 0.6) is 0 Å². The van der Waals surface area contributed by atoms with Crippen LogP contribution in [0.25, 0.3) is 11.5 Å². The third kappa shape index (κ3) is 1.85. The van der Waals surface area contributed by atoms with Crippen LogP contribution < -0.4 is 0 Å². The predicted octanol–water partition coefficient (Wildman–Crippen LogP) is 3.99. The van der Waals surface area contributed by atoms with Crippen LogP contribution in [-0.2, 0) is 6.54 Å². The van der Waals surface area contributed by atoms with Gasteiger partial charge in [-0.2, -0.15) is 5.26 Å². The molecule has 0 spiro atoms. The third-order valence-electron chi connectivity index (χ3n) is 2.78.